The van der Waals surface area contributed by atoms with Crippen LogP contribution < -0.4 is 20.7 Å². The zero-order chi connectivity index (χ0) is 24.9. The van der Waals surface area contributed by atoms with Crippen molar-refractivity contribution in [2.24, 2.45) is 0 Å². The fraction of sp³-hybridized carbons (Fsp3) is 0.407. The van der Waals surface area contributed by atoms with Crippen LogP contribution in [0, 0.1) is 6.92 Å². The molecular formula is C27H34ClN5O2. The summed E-state index contributed by atoms with van der Waals surface area (Å²) in [6.45, 7) is 8.53. The van der Waals surface area contributed by atoms with Gasteiger partial charge in [0.25, 0.3) is 0 Å². The fourth-order valence-corrected chi connectivity index (χ4v) is 4.61. The number of hydrogen-bond donors (Lipinski definition) is 3. The van der Waals surface area contributed by atoms with Crippen LogP contribution in [0.1, 0.15) is 43.5 Å². The first kappa shape index (κ1) is 25.2. The molecule has 8 heteroatoms. The molecule has 3 N–H and O–H groups in total. The van der Waals surface area contributed by atoms with Crippen molar-refractivity contribution in [1.82, 2.24) is 25.5 Å². The van der Waals surface area contributed by atoms with Crippen LogP contribution in [0.15, 0.2) is 42.6 Å². The number of aryl methyl sites for hydroxylation is 1. The number of aromatic nitrogens is 2. The number of benzene rings is 1. The second kappa shape index (κ2) is 11.2. The average molecular weight is 496 g/mol. The molecule has 1 aromatic carbocycles. The third-order valence-corrected chi connectivity index (χ3v) is 6.64. The Balaban J connectivity index is 1.50. The van der Waals surface area contributed by atoms with Gasteiger partial charge in [0.05, 0.1) is 17.8 Å². The number of methoxy groups -OCH3 is 1. The van der Waals surface area contributed by atoms with E-state index in [2.05, 4.69) is 59.6 Å². The van der Waals surface area contributed by atoms with Gasteiger partial charge in [0.15, 0.2) is 0 Å². The Kier molecular flexibility index (Phi) is 8.11. The van der Waals surface area contributed by atoms with Crippen LogP contribution in [0.25, 0.3) is 16.9 Å². The van der Waals surface area contributed by atoms with Gasteiger partial charge in [-0.15, -0.1) is 0 Å². The van der Waals surface area contributed by atoms with Crippen molar-refractivity contribution in [2.75, 3.05) is 13.7 Å². The van der Waals surface area contributed by atoms with Crippen molar-refractivity contribution >= 4 is 17.5 Å². The molecular weight excluding hydrogens is 462 g/mol. The van der Waals surface area contributed by atoms with Gasteiger partial charge in [-0.1, -0.05) is 31.5 Å². The first-order chi connectivity index (χ1) is 16.9. The lowest BCUT2D eigenvalue weighted by molar-refractivity contribution is -0.119. The van der Waals surface area contributed by atoms with Gasteiger partial charge in [0, 0.05) is 66.8 Å². The smallest absolute Gasteiger partial charge is 0.220 e. The molecule has 0 aliphatic carbocycles. The number of halogens is 1. The highest BCUT2D eigenvalue weighted by Gasteiger charge is 2.20. The molecule has 0 unspecified atom stereocenters. The minimum absolute atomic E-state index is 0.124. The normalized spacial score (nSPS) is 15.6. The molecule has 0 saturated carbocycles. The van der Waals surface area contributed by atoms with Crippen LogP contribution in [-0.2, 0) is 17.9 Å². The van der Waals surface area contributed by atoms with Gasteiger partial charge in [-0.2, -0.15) is 0 Å². The first-order valence-electron chi connectivity index (χ1n) is 12.1. The van der Waals surface area contributed by atoms with Crippen LogP contribution in [0.4, 0.5) is 0 Å². The van der Waals surface area contributed by atoms with Crippen molar-refractivity contribution in [3.8, 4) is 22.8 Å². The number of ether oxygens (including phenoxy) is 1. The monoisotopic (exact) mass is 495 g/mol. The lowest BCUT2D eigenvalue weighted by Gasteiger charge is -2.16. The van der Waals surface area contributed by atoms with Crippen LogP contribution in [-0.4, -0.2) is 41.2 Å². The zero-order valence-corrected chi connectivity index (χ0v) is 21.6. The van der Waals surface area contributed by atoms with Gasteiger partial charge in [-0.25, -0.2) is 4.98 Å². The second-order valence-corrected chi connectivity index (χ2v) is 9.72. The maximum atomic E-state index is 11.4. The molecule has 0 bridgehead atoms. The second-order valence-electron chi connectivity index (χ2n) is 9.31. The van der Waals surface area contributed by atoms with Crippen molar-refractivity contribution in [2.45, 2.75) is 58.8 Å². The molecule has 35 heavy (non-hydrogen) atoms. The van der Waals surface area contributed by atoms with E-state index in [9.17, 15) is 4.79 Å². The van der Waals surface area contributed by atoms with Crippen LogP contribution in [0.5, 0.6) is 5.88 Å². The van der Waals surface area contributed by atoms with E-state index in [1.165, 1.54) is 11.3 Å². The number of nitrogens with zero attached hydrogens (tertiary/aromatic N) is 2. The van der Waals surface area contributed by atoms with Gasteiger partial charge in [0.1, 0.15) is 0 Å². The summed E-state index contributed by atoms with van der Waals surface area (Å²) in [6.07, 6.45) is 3.55. The highest BCUT2D eigenvalue weighted by molar-refractivity contribution is 6.33. The summed E-state index contributed by atoms with van der Waals surface area (Å²) in [4.78, 5) is 16.1. The molecule has 1 amide bonds. The standard InChI is InChI=1S/C27H34ClN5O2/c1-17(2)30-16-25-18(3)11-12-33(25)21-7-8-22(23(28)13-21)24-9-5-19(27(32-24)35-4)14-29-15-20-6-10-26(34)31-20/h5,7-9,11-13,17,20,29-30H,6,10,14-16H2,1-4H3,(H,31,34)/t20-/m0/s1. The molecule has 0 spiro atoms. The SMILES string of the molecule is COc1nc(-c2ccc(-n3ccc(C)c3CNC(C)C)cc2Cl)ccc1CNC[C@@H]1CCC(=O)N1. The lowest BCUT2D eigenvalue weighted by atomic mass is 10.1. The highest BCUT2D eigenvalue weighted by Crippen LogP contribution is 2.31. The molecule has 186 valence electrons. The van der Waals surface area contributed by atoms with Gasteiger partial charge in [-0.05, 0) is 49.2 Å². The number of rotatable bonds is 10. The van der Waals surface area contributed by atoms with E-state index >= 15 is 0 Å². The third kappa shape index (κ3) is 6.04. The third-order valence-electron chi connectivity index (χ3n) is 6.33. The Morgan fingerprint density at radius 1 is 1.23 bits per heavy atom. The van der Waals surface area contributed by atoms with Crippen LogP contribution in [0.2, 0.25) is 5.02 Å². The average Bonchev–Trinajstić information content (AvgIpc) is 3.42. The topological polar surface area (TPSA) is 80.2 Å². The van der Waals surface area contributed by atoms with Crippen molar-refractivity contribution < 1.29 is 9.53 Å². The molecule has 1 aliphatic rings. The van der Waals surface area contributed by atoms with Crippen molar-refractivity contribution in [1.29, 1.82) is 0 Å². The fourth-order valence-electron chi connectivity index (χ4n) is 4.33. The Bertz CT molecular complexity index is 1190. The van der Waals surface area contributed by atoms with E-state index in [0.717, 1.165) is 42.0 Å². The molecule has 2 aromatic heterocycles. The predicted molar refractivity (Wildman–Crippen MR) is 140 cm³/mol. The number of amides is 1. The van der Waals surface area contributed by atoms with E-state index in [1.54, 1.807) is 7.11 Å². The van der Waals surface area contributed by atoms with Gasteiger partial charge < -0.3 is 25.3 Å². The van der Waals surface area contributed by atoms with Crippen LogP contribution in [0.3, 0.4) is 0 Å². The lowest BCUT2D eigenvalue weighted by Crippen LogP contribution is -2.35. The van der Waals surface area contributed by atoms with Crippen molar-refractivity contribution in [3.05, 3.63) is 64.4 Å². The Morgan fingerprint density at radius 2 is 2.06 bits per heavy atom. The molecule has 4 rings (SSSR count). The van der Waals surface area contributed by atoms with Gasteiger partial charge in [-0.3, -0.25) is 4.79 Å². The summed E-state index contributed by atoms with van der Waals surface area (Å²) in [7, 11) is 1.62. The Hall–Kier alpha value is -2.87. The quantitative estimate of drug-likeness (QED) is 0.389. The number of hydrogen-bond acceptors (Lipinski definition) is 5. The molecule has 1 fully saturated rings. The minimum Gasteiger partial charge on any atom is -0.481 e. The molecule has 3 heterocycles. The van der Waals surface area contributed by atoms with E-state index in [0.29, 0.717) is 29.9 Å². The first-order valence-corrected chi connectivity index (χ1v) is 12.5. The maximum absolute atomic E-state index is 11.4. The molecule has 0 radical (unpaired) electrons. The summed E-state index contributed by atoms with van der Waals surface area (Å²) >= 11 is 6.75. The summed E-state index contributed by atoms with van der Waals surface area (Å²) in [5.41, 5.74) is 6.04. The molecule has 1 aliphatic heterocycles. The predicted octanol–water partition coefficient (Wildman–Crippen LogP) is 4.38. The summed E-state index contributed by atoms with van der Waals surface area (Å²) in [5.74, 6) is 0.687. The molecule has 1 atom stereocenters. The zero-order valence-electron chi connectivity index (χ0n) is 20.8. The highest BCUT2D eigenvalue weighted by atomic mass is 35.5. The molecule has 1 saturated heterocycles. The molecule has 7 nitrogen and oxygen atoms in total. The Morgan fingerprint density at radius 3 is 2.74 bits per heavy atom. The van der Waals surface area contributed by atoms with Gasteiger partial charge >= 0.3 is 0 Å². The summed E-state index contributed by atoms with van der Waals surface area (Å²) < 4.78 is 7.75. The van der Waals surface area contributed by atoms with Crippen LogP contribution >= 0.6 is 11.6 Å². The maximum Gasteiger partial charge on any atom is 0.220 e. The van der Waals surface area contributed by atoms with Crippen molar-refractivity contribution in [3.63, 3.8) is 0 Å². The Labute approximate surface area is 212 Å². The van der Waals surface area contributed by atoms with E-state index in [1.807, 2.05) is 24.3 Å². The number of pyridine rings is 1. The number of carbonyl (C=O) groups is 1. The van der Waals surface area contributed by atoms with Gasteiger partial charge in [0.2, 0.25) is 11.8 Å². The van der Waals surface area contributed by atoms with E-state index < -0.39 is 0 Å². The largest absolute Gasteiger partial charge is 0.481 e. The van der Waals surface area contributed by atoms with E-state index in [-0.39, 0.29) is 11.9 Å². The minimum atomic E-state index is 0.124. The summed E-state index contributed by atoms with van der Waals surface area (Å²) in [5, 5.41) is 10.5. The molecule has 3 aromatic rings. The summed E-state index contributed by atoms with van der Waals surface area (Å²) in [6, 6.07) is 12.8. The number of nitrogens with one attached hydrogen (secondary N) is 3. The van der Waals surface area contributed by atoms with E-state index in [4.69, 9.17) is 21.3 Å². The number of carbonyl (C=O) groups excluding carboxylic acids is 1.